The van der Waals surface area contributed by atoms with Crippen molar-refractivity contribution in [2.75, 3.05) is 26.2 Å². The minimum atomic E-state index is -0.0817. The van der Waals surface area contributed by atoms with Crippen LogP contribution in [0.15, 0.2) is 36.5 Å². The van der Waals surface area contributed by atoms with Gasteiger partial charge in [0, 0.05) is 43.2 Å². The number of carbonyl (C=O) groups is 2. The fourth-order valence-corrected chi connectivity index (χ4v) is 5.30. The van der Waals surface area contributed by atoms with Crippen LogP contribution in [0.25, 0.3) is 11.4 Å². The van der Waals surface area contributed by atoms with Crippen LogP contribution in [0, 0.1) is 0 Å². The Kier molecular flexibility index (Phi) is 5.01. The van der Waals surface area contributed by atoms with Gasteiger partial charge in [0.25, 0.3) is 0 Å². The van der Waals surface area contributed by atoms with Gasteiger partial charge >= 0.3 is 0 Å². The van der Waals surface area contributed by atoms with E-state index in [1.807, 2.05) is 41.4 Å². The number of hydrogen-bond donors (Lipinski definition) is 0. The van der Waals surface area contributed by atoms with Crippen molar-refractivity contribution in [3.05, 3.63) is 47.8 Å². The molecule has 1 unspecified atom stereocenters. The number of hydrogen-bond acceptors (Lipinski definition) is 4. The standard InChI is InChI=1S/C24H28N4O2/c29-20-9-4-5-13-27(20)16-21(30)28-14-6-11-24(17-28)12-10-19-15-25-23(26-22(19)24)18-7-2-1-3-8-18/h1-3,7-8,15H,4-6,9-14,16-17H2. The molecule has 2 aliphatic heterocycles. The van der Waals surface area contributed by atoms with Gasteiger partial charge in [-0.2, -0.15) is 0 Å². The highest BCUT2D eigenvalue weighted by Gasteiger charge is 2.45. The number of amides is 2. The number of piperidine rings is 2. The first-order valence-electron chi connectivity index (χ1n) is 11.1. The summed E-state index contributed by atoms with van der Waals surface area (Å²) >= 11 is 0. The number of likely N-dealkylation sites (tertiary alicyclic amines) is 2. The molecule has 0 bridgehead atoms. The third kappa shape index (κ3) is 3.48. The Morgan fingerprint density at radius 1 is 1.03 bits per heavy atom. The predicted octanol–water partition coefficient (Wildman–Crippen LogP) is 2.96. The zero-order valence-electron chi connectivity index (χ0n) is 17.3. The summed E-state index contributed by atoms with van der Waals surface area (Å²) in [7, 11) is 0. The lowest BCUT2D eigenvalue weighted by atomic mass is 9.77. The average molecular weight is 405 g/mol. The maximum absolute atomic E-state index is 13.1. The quantitative estimate of drug-likeness (QED) is 0.789. The average Bonchev–Trinajstić information content (AvgIpc) is 3.13. The second-order valence-electron chi connectivity index (χ2n) is 8.91. The summed E-state index contributed by atoms with van der Waals surface area (Å²) in [5.74, 6) is 0.959. The second kappa shape index (κ2) is 7.82. The number of aromatic nitrogens is 2. The van der Waals surface area contributed by atoms with Crippen LogP contribution in [0.3, 0.4) is 0 Å². The van der Waals surface area contributed by atoms with E-state index >= 15 is 0 Å². The summed E-state index contributed by atoms with van der Waals surface area (Å²) in [4.78, 5) is 38.5. The van der Waals surface area contributed by atoms with Crippen LogP contribution in [0.2, 0.25) is 0 Å². The number of benzene rings is 1. The molecule has 5 rings (SSSR count). The van der Waals surface area contributed by atoms with E-state index in [9.17, 15) is 9.59 Å². The van der Waals surface area contributed by atoms with Crippen LogP contribution in [-0.2, 0) is 21.4 Å². The van der Waals surface area contributed by atoms with Gasteiger partial charge in [-0.05, 0) is 44.1 Å². The van der Waals surface area contributed by atoms with Crippen molar-refractivity contribution in [2.24, 2.45) is 0 Å². The monoisotopic (exact) mass is 404 g/mol. The van der Waals surface area contributed by atoms with Gasteiger partial charge in [-0.15, -0.1) is 0 Å². The van der Waals surface area contributed by atoms with Crippen LogP contribution in [0.5, 0.6) is 0 Å². The van der Waals surface area contributed by atoms with Gasteiger partial charge in [0.05, 0.1) is 12.2 Å². The van der Waals surface area contributed by atoms with Gasteiger partial charge in [-0.1, -0.05) is 30.3 Å². The molecule has 2 amide bonds. The highest BCUT2D eigenvalue weighted by Crippen LogP contribution is 2.44. The van der Waals surface area contributed by atoms with E-state index in [1.165, 1.54) is 5.56 Å². The molecule has 6 heteroatoms. The predicted molar refractivity (Wildman–Crippen MR) is 114 cm³/mol. The molecular formula is C24H28N4O2. The molecule has 2 saturated heterocycles. The van der Waals surface area contributed by atoms with E-state index in [-0.39, 0.29) is 23.8 Å². The molecule has 1 aliphatic carbocycles. The summed E-state index contributed by atoms with van der Waals surface area (Å²) in [5, 5.41) is 0. The Labute approximate surface area is 177 Å². The Morgan fingerprint density at radius 3 is 2.73 bits per heavy atom. The summed E-state index contributed by atoms with van der Waals surface area (Å²) in [5.41, 5.74) is 3.29. The van der Waals surface area contributed by atoms with E-state index in [4.69, 9.17) is 4.98 Å². The number of carbonyl (C=O) groups excluding carboxylic acids is 2. The van der Waals surface area contributed by atoms with Crippen molar-refractivity contribution in [1.29, 1.82) is 0 Å². The molecule has 0 saturated carbocycles. The van der Waals surface area contributed by atoms with E-state index in [0.717, 1.165) is 62.2 Å². The van der Waals surface area contributed by atoms with Crippen molar-refractivity contribution in [2.45, 2.75) is 50.4 Å². The van der Waals surface area contributed by atoms with Gasteiger partial charge in [0.15, 0.2) is 5.82 Å². The minimum absolute atomic E-state index is 0.0788. The van der Waals surface area contributed by atoms with Crippen molar-refractivity contribution < 1.29 is 9.59 Å². The topological polar surface area (TPSA) is 66.4 Å². The lowest BCUT2D eigenvalue weighted by molar-refractivity contribution is -0.143. The van der Waals surface area contributed by atoms with Crippen LogP contribution in [0.4, 0.5) is 0 Å². The molecular weight excluding hydrogens is 376 g/mol. The van der Waals surface area contributed by atoms with Crippen LogP contribution < -0.4 is 0 Å². The maximum Gasteiger partial charge on any atom is 0.242 e. The highest BCUT2D eigenvalue weighted by atomic mass is 16.2. The summed E-state index contributed by atoms with van der Waals surface area (Å²) in [6, 6.07) is 10.1. The Hall–Kier alpha value is -2.76. The third-order valence-corrected chi connectivity index (χ3v) is 6.95. The molecule has 156 valence electrons. The number of fused-ring (bicyclic) bond motifs is 2. The SMILES string of the molecule is O=C1CCCCN1CC(=O)N1CCCC2(CCc3cnc(-c4ccccc4)nc32)C1. The lowest BCUT2D eigenvalue weighted by Gasteiger charge is -2.41. The summed E-state index contributed by atoms with van der Waals surface area (Å²) in [6.45, 7) is 2.40. The molecule has 1 aromatic heterocycles. The van der Waals surface area contributed by atoms with E-state index < -0.39 is 0 Å². The largest absolute Gasteiger partial charge is 0.340 e. The molecule has 2 aromatic rings. The zero-order valence-corrected chi connectivity index (χ0v) is 17.3. The number of aryl methyl sites for hydroxylation is 1. The molecule has 2 fully saturated rings. The van der Waals surface area contributed by atoms with E-state index in [0.29, 0.717) is 19.5 Å². The van der Waals surface area contributed by atoms with Crippen molar-refractivity contribution in [3.63, 3.8) is 0 Å². The molecule has 3 heterocycles. The van der Waals surface area contributed by atoms with Gasteiger partial charge in [0.2, 0.25) is 11.8 Å². The van der Waals surface area contributed by atoms with Crippen molar-refractivity contribution >= 4 is 11.8 Å². The lowest BCUT2D eigenvalue weighted by Crippen LogP contribution is -2.51. The summed E-state index contributed by atoms with van der Waals surface area (Å²) in [6.07, 6.45) is 8.50. The first-order chi connectivity index (χ1) is 14.6. The smallest absolute Gasteiger partial charge is 0.242 e. The molecule has 1 spiro atoms. The Bertz CT molecular complexity index is 957. The Balaban J connectivity index is 1.37. The second-order valence-corrected chi connectivity index (χ2v) is 8.91. The molecule has 1 aromatic carbocycles. The molecule has 30 heavy (non-hydrogen) atoms. The van der Waals surface area contributed by atoms with Crippen LogP contribution in [0.1, 0.15) is 49.8 Å². The molecule has 0 N–H and O–H groups in total. The van der Waals surface area contributed by atoms with E-state index in [1.54, 1.807) is 4.90 Å². The third-order valence-electron chi connectivity index (χ3n) is 6.95. The first-order valence-corrected chi connectivity index (χ1v) is 11.1. The highest BCUT2D eigenvalue weighted by molar-refractivity contribution is 5.85. The van der Waals surface area contributed by atoms with Crippen molar-refractivity contribution in [3.8, 4) is 11.4 Å². The van der Waals surface area contributed by atoms with Gasteiger partial charge < -0.3 is 9.80 Å². The molecule has 6 nitrogen and oxygen atoms in total. The normalized spacial score (nSPS) is 23.7. The zero-order chi connectivity index (χ0) is 20.6. The molecule has 3 aliphatic rings. The fourth-order valence-electron chi connectivity index (χ4n) is 5.30. The maximum atomic E-state index is 13.1. The van der Waals surface area contributed by atoms with E-state index in [2.05, 4.69) is 4.98 Å². The molecule has 1 atom stereocenters. The van der Waals surface area contributed by atoms with Crippen LogP contribution in [-0.4, -0.2) is 57.8 Å². The van der Waals surface area contributed by atoms with Crippen molar-refractivity contribution in [1.82, 2.24) is 19.8 Å². The summed E-state index contributed by atoms with van der Waals surface area (Å²) < 4.78 is 0. The van der Waals surface area contributed by atoms with Gasteiger partial charge in [-0.3, -0.25) is 9.59 Å². The first kappa shape index (κ1) is 19.2. The van der Waals surface area contributed by atoms with Gasteiger partial charge in [0.1, 0.15) is 0 Å². The van der Waals surface area contributed by atoms with Crippen LogP contribution >= 0.6 is 0 Å². The Morgan fingerprint density at radius 2 is 1.90 bits per heavy atom. The number of rotatable bonds is 3. The fraction of sp³-hybridized carbons (Fsp3) is 0.500. The number of nitrogens with zero attached hydrogens (tertiary/aromatic N) is 4. The van der Waals surface area contributed by atoms with Gasteiger partial charge in [-0.25, -0.2) is 9.97 Å². The minimum Gasteiger partial charge on any atom is -0.340 e. The molecule has 0 radical (unpaired) electrons.